The molecule has 1 aromatic carbocycles. The first kappa shape index (κ1) is 20.0. The molecule has 2 fully saturated rings. The molecule has 2 atom stereocenters. The van der Waals surface area contributed by atoms with Crippen LogP contribution in [0.2, 0.25) is 5.02 Å². The van der Waals surface area contributed by atoms with E-state index < -0.39 is 0 Å². The van der Waals surface area contributed by atoms with Gasteiger partial charge in [0, 0.05) is 32.1 Å². The largest absolute Gasteiger partial charge is 0.338 e. The van der Waals surface area contributed by atoms with Gasteiger partial charge in [0.15, 0.2) is 0 Å². The van der Waals surface area contributed by atoms with Crippen LogP contribution in [0.4, 0.5) is 5.69 Å². The summed E-state index contributed by atoms with van der Waals surface area (Å²) < 4.78 is 0. The van der Waals surface area contributed by atoms with Crippen LogP contribution in [0.3, 0.4) is 0 Å². The molecule has 2 aliphatic rings. The lowest BCUT2D eigenvalue weighted by atomic mass is 10.0. The Hall–Kier alpha value is -1.30. The molecule has 138 valence electrons. The molecular weight excluding hydrogens is 361 g/mol. The number of amides is 2. The number of carbonyl (C=O) groups is 2. The zero-order chi connectivity index (χ0) is 17.1. The van der Waals surface area contributed by atoms with Crippen molar-refractivity contribution in [1.29, 1.82) is 0 Å². The van der Waals surface area contributed by atoms with Crippen LogP contribution in [-0.2, 0) is 9.59 Å². The van der Waals surface area contributed by atoms with Gasteiger partial charge in [-0.05, 0) is 31.5 Å². The monoisotopic (exact) mass is 385 g/mol. The molecule has 2 saturated heterocycles. The molecule has 0 aromatic heterocycles. The van der Waals surface area contributed by atoms with Crippen LogP contribution in [0.15, 0.2) is 24.3 Å². The van der Waals surface area contributed by atoms with E-state index in [1.54, 1.807) is 11.0 Å². The van der Waals surface area contributed by atoms with Crippen LogP contribution in [0.1, 0.15) is 26.2 Å². The van der Waals surface area contributed by atoms with Crippen molar-refractivity contribution < 1.29 is 9.59 Å². The van der Waals surface area contributed by atoms with Crippen molar-refractivity contribution in [3.05, 3.63) is 29.3 Å². The third-order valence-electron chi connectivity index (χ3n) is 4.84. The minimum absolute atomic E-state index is 0. The van der Waals surface area contributed by atoms with E-state index in [0.717, 1.165) is 32.5 Å². The maximum absolute atomic E-state index is 13.0. The number of nitrogens with zero attached hydrogens (tertiary/aromatic N) is 2. The summed E-state index contributed by atoms with van der Waals surface area (Å²) in [4.78, 5) is 29.1. The van der Waals surface area contributed by atoms with E-state index in [-0.39, 0.29) is 42.6 Å². The first-order valence-electron chi connectivity index (χ1n) is 8.68. The summed E-state index contributed by atoms with van der Waals surface area (Å²) in [6, 6.07) is 7.55. The lowest BCUT2D eigenvalue weighted by Crippen LogP contribution is -2.45. The van der Waals surface area contributed by atoms with E-state index >= 15 is 0 Å². The molecule has 1 aromatic rings. The predicted molar refractivity (Wildman–Crippen MR) is 102 cm³/mol. The van der Waals surface area contributed by atoms with Crippen LogP contribution in [0, 0.1) is 5.92 Å². The number of nitrogens with one attached hydrogen (secondary N) is 1. The standard InChI is InChI=1S/C18H24ClN3O2.ClH/c1-2-9-21(14-7-8-20-11-14)18(24)13-10-17(23)22(12-13)16-6-4-3-5-15(16)19;/h3-6,13-14,20H,2,7-12H2,1H3;1H. The highest BCUT2D eigenvalue weighted by Crippen LogP contribution is 2.32. The second-order valence-corrected chi connectivity index (χ2v) is 6.94. The topological polar surface area (TPSA) is 52.7 Å². The van der Waals surface area contributed by atoms with Crippen molar-refractivity contribution in [3.8, 4) is 0 Å². The smallest absolute Gasteiger partial charge is 0.228 e. The number of carbonyl (C=O) groups excluding carboxylic acids is 2. The number of hydrogen-bond donors (Lipinski definition) is 1. The summed E-state index contributed by atoms with van der Waals surface area (Å²) in [6.07, 6.45) is 2.18. The highest BCUT2D eigenvalue weighted by molar-refractivity contribution is 6.33. The van der Waals surface area contributed by atoms with Gasteiger partial charge < -0.3 is 15.1 Å². The molecule has 0 saturated carbocycles. The molecule has 0 spiro atoms. The number of para-hydroxylation sites is 1. The zero-order valence-electron chi connectivity index (χ0n) is 14.4. The van der Waals surface area contributed by atoms with Crippen molar-refractivity contribution in [3.63, 3.8) is 0 Å². The van der Waals surface area contributed by atoms with Crippen molar-refractivity contribution in [2.24, 2.45) is 5.92 Å². The SMILES string of the molecule is CCCN(C(=O)C1CC(=O)N(c2ccccc2Cl)C1)C1CCNC1.Cl. The lowest BCUT2D eigenvalue weighted by molar-refractivity contribution is -0.137. The minimum atomic E-state index is -0.277. The fraction of sp³-hybridized carbons (Fsp3) is 0.556. The Morgan fingerprint density at radius 2 is 2.16 bits per heavy atom. The van der Waals surface area contributed by atoms with Gasteiger partial charge in [-0.3, -0.25) is 9.59 Å². The summed E-state index contributed by atoms with van der Waals surface area (Å²) in [7, 11) is 0. The molecule has 3 rings (SSSR count). The molecular formula is C18H25Cl2N3O2. The van der Waals surface area contributed by atoms with Gasteiger partial charge in [-0.15, -0.1) is 12.4 Å². The fourth-order valence-electron chi connectivity index (χ4n) is 3.63. The highest BCUT2D eigenvalue weighted by Gasteiger charge is 2.39. The minimum Gasteiger partial charge on any atom is -0.338 e. The molecule has 0 bridgehead atoms. The van der Waals surface area contributed by atoms with Crippen molar-refractivity contribution >= 4 is 41.5 Å². The normalized spacial score (nSPS) is 22.8. The number of rotatable bonds is 5. The summed E-state index contributed by atoms with van der Waals surface area (Å²) in [5, 5.41) is 3.86. The van der Waals surface area contributed by atoms with Gasteiger partial charge in [0.25, 0.3) is 0 Å². The van der Waals surface area contributed by atoms with Gasteiger partial charge >= 0.3 is 0 Å². The molecule has 1 N–H and O–H groups in total. The fourth-order valence-corrected chi connectivity index (χ4v) is 3.87. The van der Waals surface area contributed by atoms with E-state index in [1.807, 2.05) is 23.1 Å². The molecule has 2 heterocycles. The summed E-state index contributed by atoms with van der Waals surface area (Å²) in [6.45, 7) is 5.05. The van der Waals surface area contributed by atoms with Gasteiger partial charge in [0.1, 0.15) is 0 Å². The Bertz CT molecular complexity index is 620. The molecule has 2 unspecified atom stereocenters. The van der Waals surface area contributed by atoms with E-state index in [4.69, 9.17) is 11.6 Å². The van der Waals surface area contributed by atoms with Crippen LogP contribution in [0.5, 0.6) is 0 Å². The molecule has 25 heavy (non-hydrogen) atoms. The third-order valence-corrected chi connectivity index (χ3v) is 5.16. The van der Waals surface area contributed by atoms with Gasteiger partial charge in [-0.25, -0.2) is 0 Å². The molecule has 2 amide bonds. The second-order valence-electron chi connectivity index (χ2n) is 6.54. The van der Waals surface area contributed by atoms with Crippen LogP contribution < -0.4 is 10.2 Å². The Morgan fingerprint density at radius 3 is 2.80 bits per heavy atom. The lowest BCUT2D eigenvalue weighted by Gasteiger charge is -2.30. The summed E-state index contributed by atoms with van der Waals surface area (Å²) >= 11 is 6.22. The quantitative estimate of drug-likeness (QED) is 0.847. The van der Waals surface area contributed by atoms with E-state index in [1.165, 1.54) is 0 Å². The van der Waals surface area contributed by atoms with Crippen LogP contribution in [-0.4, -0.2) is 48.9 Å². The zero-order valence-corrected chi connectivity index (χ0v) is 16.0. The Labute approximate surface area is 160 Å². The summed E-state index contributed by atoms with van der Waals surface area (Å²) in [5.41, 5.74) is 0.698. The van der Waals surface area contributed by atoms with E-state index in [2.05, 4.69) is 12.2 Å². The number of halogens is 2. The molecule has 0 aliphatic carbocycles. The molecule has 0 radical (unpaired) electrons. The van der Waals surface area contributed by atoms with Crippen molar-refractivity contribution in [1.82, 2.24) is 10.2 Å². The average Bonchev–Trinajstić information content (AvgIpc) is 3.22. The molecule has 2 aliphatic heterocycles. The third kappa shape index (κ3) is 4.27. The van der Waals surface area contributed by atoms with E-state index in [0.29, 0.717) is 17.3 Å². The van der Waals surface area contributed by atoms with Gasteiger partial charge in [0.2, 0.25) is 11.8 Å². The second kappa shape index (κ2) is 8.88. The van der Waals surface area contributed by atoms with Crippen LogP contribution >= 0.6 is 24.0 Å². The maximum atomic E-state index is 13.0. The van der Waals surface area contributed by atoms with Crippen LogP contribution in [0.25, 0.3) is 0 Å². The highest BCUT2D eigenvalue weighted by atomic mass is 35.5. The van der Waals surface area contributed by atoms with Crippen molar-refractivity contribution in [2.45, 2.75) is 32.2 Å². The summed E-state index contributed by atoms with van der Waals surface area (Å²) in [5.74, 6) is -0.197. The first-order chi connectivity index (χ1) is 11.6. The molecule has 5 nitrogen and oxygen atoms in total. The Balaban J connectivity index is 0.00000225. The van der Waals surface area contributed by atoms with Gasteiger partial charge in [-0.2, -0.15) is 0 Å². The number of anilines is 1. The Morgan fingerprint density at radius 1 is 1.40 bits per heavy atom. The number of benzene rings is 1. The Kier molecular flexibility index (Phi) is 7.11. The maximum Gasteiger partial charge on any atom is 0.228 e. The number of hydrogen-bond acceptors (Lipinski definition) is 3. The predicted octanol–water partition coefficient (Wildman–Crippen LogP) is 2.72. The van der Waals surface area contributed by atoms with Crippen molar-refractivity contribution in [2.75, 3.05) is 31.1 Å². The van der Waals surface area contributed by atoms with Gasteiger partial charge in [0.05, 0.1) is 16.6 Å². The van der Waals surface area contributed by atoms with E-state index in [9.17, 15) is 9.59 Å². The van der Waals surface area contributed by atoms with Gasteiger partial charge in [-0.1, -0.05) is 30.7 Å². The average molecular weight is 386 g/mol. The first-order valence-corrected chi connectivity index (χ1v) is 9.05. The molecule has 7 heteroatoms.